The Kier molecular flexibility index (Phi) is 7.84. The standard InChI is InChI=1S/C22H24FN3.C2HF3O2/c1-16(22-25-24-21-11-7-2-3-8-14-26(21)22)18-12-13-19(20(23)15-18)17-9-5-4-6-10-17;3-2(4,5)1(6)7/h4-6,9-10,12-13,15-16H,2-3,7-8,11,14H2,1H3;(H,6,7)/t16-;/m0./s1. The van der Waals surface area contributed by atoms with Crippen LogP contribution in [0.15, 0.2) is 48.5 Å². The second-order valence-electron chi connectivity index (χ2n) is 7.92. The molecule has 4 rings (SSSR count). The summed E-state index contributed by atoms with van der Waals surface area (Å²) < 4.78 is 48.7. The molecule has 3 aromatic rings. The summed E-state index contributed by atoms with van der Waals surface area (Å²) in [4.78, 5) is 8.90. The fraction of sp³-hybridized carbons (Fsp3) is 0.375. The van der Waals surface area contributed by atoms with E-state index in [-0.39, 0.29) is 11.7 Å². The van der Waals surface area contributed by atoms with Gasteiger partial charge in [0, 0.05) is 24.4 Å². The Bertz CT molecular complexity index is 1080. The molecule has 1 aliphatic rings. The Balaban J connectivity index is 0.000000383. The zero-order valence-electron chi connectivity index (χ0n) is 18.1. The molecule has 0 unspecified atom stereocenters. The van der Waals surface area contributed by atoms with Crippen molar-refractivity contribution >= 4 is 5.97 Å². The Hall–Kier alpha value is -3.23. The number of nitrogens with zero attached hydrogens (tertiary/aromatic N) is 3. The van der Waals surface area contributed by atoms with E-state index < -0.39 is 12.1 Å². The van der Waals surface area contributed by atoms with Crippen molar-refractivity contribution in [2.75, 3.05) is 0 Å². The monoisotopic (exact) mass is 463 g/mol. The Morgan fingerprint density at radius 2 is 1.70 bits per heavy atom. The quantitative estimate of drug-likeness (QED) is 0.485. The van der Waals surface area contributed by atoms with Crippen LogP contribution in [0.1, 0.15) is 55.7 Å². The van der Waals surface area contributed by atoms with Crippen molar-refractivity contribution in [3.63, 3.8) is 0 Å². The number of carboxylic acid groups (broad SMARTS) is 1. The van der Waals surface area contributed by atoms with Gasteiger partial charge in [-0.15, -0.1) is 10.2 Å². The van der Waals surface area contributed by atoms with Gasteiger partial charge in [0.1, 0.15) is 17.5 Å². The molecule has 1 N–H and O–H groups in total. The third-order valence-electron chi connectivity index (χ3n) is 5.60. The van der Waals surface area contributed by atoms with Crippen LogP contribution in [0.5, 0.6) is 0 Å². The Morgan fingerprint density at radius 3 is 2.33 bits per heavy atom. The van der Waals surface area contributed by atoms with E-state index in [9.17, 15) is 17.6 Å². The van der Waals surface area contributed by atoms with Crippen LogP contribution in [0.4, 0.5) is 17.6 Å². The molecule has 0 bridgehead atoms. The smallest absolute Gasteiger partial charge is 0.475 e. The van der Waals surface area contributed by atoms with E-state index in [0.717, 1.165) is 42.2 Å². The summed E-state index contributed by atoms with van der Waals surface area (Å²) >= 11 is 0. The largest absolute Gasteiger partial charge is 0.490 e. The molecule has 1 aromatic heterocycles. The first-order valence-corrected chi connectivity index (χ1v) is 10.8. The molecule has 0 saturated carbocycles. The van der Waals surface area contributed by atoms with Crippen LogP contribution in [0.2, 0.25) is 0 Å². The van der Waals surface area contributed by atoms with Crippen LogP contribution < -0.4 is 0 Å². The topological polar surface area (TPSA) is 68.0 Å². The highest BCUT2D eigenvalue weighted by Gasteiger charge is 2.38. The van der Waals surface area contributed by atoms with Crippen LogP contribution in [0, 0.1) is 5.82 Å². The molecule has 9 heteroatoms. The van der Waals surface area contributed by atoms with Crippen molar-refractivity contribution in [2.45, 2.75) is 57.7 Å². The number of rotatable bonds is 3. The lowest BCUT2D eigenvalue weighted by molar-refractivity contribution is -0.192. The number of halogens is 4. The molecular weight excluding hydrogens is 438 g/mol. The third-order valence-corrected chi connectivity index (χ3v) is 5.60. The van der Waals surface area contributed by atoms with Crippen molar-refractivity contribution in [1.82, 2.24) is 14.8 Å². The molecule has 0 radical (unpaired) electrons. The molecule has 2 aromatic carbocycles. The van der Waals surface area contributed by atoms with Gasteiger partial charge in [-0.05, 0) is 30.0 Å². The second kappa shape index (κ2) is 10.6. The highest BCUT2D eigenvalue weighted by Crippen LogP contribution is 2.30. The molecule has 33 heavy (non-hydrogen) atoms. The number of hydrogen-bond acceptors (Lipinski definition) is 3. The summed E-state index contributed by atoms with van der Waals surface area (Å²) in [5.41, 5.74) is 2.48. The number of benzene rings is 2. The molecule has 0 aliphatic carbocycles. The Morgan fingerprint density at radius 1 is 1.03 bits per heavy atom. The maximum Gasteiger partial charge on any atom is 0.490 e. The van der Waals surface area contributed by atoms with Crippen LogP contribution in [0.3, 0.4) is 0 Å². The van der Waals surface area contributed by atoms with Gasteiger partial charge in [0.15, 0.2) is 0 Å². The van der Waals surface area contributed by atoms with Crippen molar-refractivity contribution in [1.29, 1.82) is 0 Å². The normalized spacial score (nSPS) is 14.8. The highest BCUT2D eigenvalue weighted by atomic mass is 19.4. The number of carboxylic acids is 1. The van der Waals surface area contributed by atoms with Gasteiger partial charge in [-0.3, -0.25) is 0 Å². The summed E-state index contributed by atoms with van der Waals surface area (Å²) in [6, 6.07) is 15.2. The maximum atomic E-state index is 14.8. The second-order valence-corrected chi connectivity index (χ2v) is 7.92. The molecule has 0 amide bonds. The minimum absolute atomic E-state index is 0.0231. The number of hydrogen-bond donors (Lipinski definition) is 1. The lowest BCUT2D eigenvalue weighted by Gasteiger charge is -2.17. The predicted molar refractivity (Wildman–Crippen MR) is 115 cm³/mol. The SMILES string of the molecule is C[C@@H](c1ccc(-c2ccccc2)c(F)c1)c1nnc2n1CCCCCC2.O=C(O)C(F)(F)F. The average molecular weight is 463 g/mol. The molecular formula is C24H25F4N3O2. The van der Waals surface area contributed by atoms with Crippen LogP contribution in [0.25, 0.3) is 11.1 Å². The summed E-state index contributed by atoms with van der Waals surface area (Å²) in [5, 5.41) is 16.0. The minimum atomic E-state index is -5.08. The summed E-state index contributed by atoms with van der Waals surface area (Å²) in [6.07, 6.45) is 0.760. The number of fused-ring (bicyclic) bond motifs is 1. The number of aliphatic carboxylic acids is 1. The summed E-state index contributed by atoms with van der Waals surface area (Å²) in [6.45, 7) is 3.06. The fourth-order valence-corrected chi connectivity index (χ4v) is 3.81. The minimum Gasteiger partial charge on any atom is -0.475 e. The lowest BCUT2D eigenvalue weighted by Crippen LogP contribution is -2.21. The van der Waals surface area contributed by atoms with E-state index in [4.69, 9.17) is 9.90 Å². The molecule has 176 valence electrons. The van der Waals surface area contributed by atoms with Gasteiger partial charge < -0.3 is 9.67 Å². The van der Waals surface area contributed by atoms with E-state index in [1.165, 1.54) is 19.3 Å². The fourth-order valence-electron chi connectivity index (χ4n) is 3.81. The van der Waals surface area contributed by atoms with Crippen molar-refractivity contribution in [2.24, 2.45) is 0 Å². The summed E-state index contributed by atoms with van der Waals surface area (Å²) in [5.74, 6) is -0.892. The van der Waals surface area contributed by atoms with E-state index >= 15 is 0 Å². The molecule has 1 aliphatic heterocycles. The van der Waals surface area contributed by atoms with Gasteiger partial charge in [0.25, 0.3) is 0 Å². The van der Waals surface area contributed by atoms with Gasteiger partial charge in [-0.1, -0.05) is 62.2 Å². The van der Waals surface area contributed by atoms with E-state index in [1.807, 2.05) is 42.5 Å². The predicted octanol–water partition coefficient (Wildman–Crippen LogP) is 5.99. The highest BCUT2D eigenvalue weighted by molar-refractivity contribution is 5.73. The van der Waals surface area contributed by atoms with Crippen LogP contribution in [-0.2, 0) is 17.8 Å². The van der Waals surface area contributed by atoms with Crippen LogP contribution >= 0.6 is 0 Å². The number of carbonyl (C=O) groups is 1. The van der Waals surface area contributed by atoms with Crippen molar-refractivity contribution in [3.05, 3.63) is 71.6 Å². The van der Waals surface area contributed by atoms with Gasteiger partial charge in [0.2, 0.25) is 0 Å². The van der Waals surface area contributed by atoms with E-state index in [1.54, 1.807) is 6.07 Å². The molecule has 0 saturated heterocycles. The average Bonchev–Trinajstić information content (AvgIpc) is 3.14. The van der Waals surface area contributed by atoms with E-state index in [0.29, 0.717) is 5.56 Å². The first kappa shape index (κ1) is 24.4. The first-order chi connectivity index (χ1) is 15.7. The maximum absolute atomic E-state index is 14.8. The molecule has 2 heterocycles. The van der Waals surface area contributed by atoms with Gasteiger partial charge in [-0.2, -0.15) is 13.2 Å². The Labute approximate surface area is 189 Å². The molecule has 0 fully saturated rings. The first-order valence-electron chi connectivity index (χ1n) is 10.8. The van der Waals surface area contributed by atoms with Gasteiger partial charge in [-0.25, -0.2) is 9.18 Å². The molecule has 0 spiro atoms. The van der Waals surface area contributed by atoms with Crippen molar-refractivity contribution < 1.29 is 27.5 Å². The summed E-state index contributed by atoms with van der Waals surface area (Å²) in [7, 11) is 0. The number of alkyl halides is 3. The van der Waals surface area contributed by atoms with Gasteiger partial charge in [0.05, 0.1) is 0 Å². The molecule has 5 nitrogen and oxygen atoms in total. The molecule has 1 atom stereocenters. The zero-order valence-corrected chi connectivity index (χ0v) is 18.1. The number of aromatic nitrogens is 3. The zero-order chi connectivity index (χ0) is 24.0. The third kappa shape index (κ3) is 6.18. The van der Waals surface area contributed by atoms with Crippen LogP contribution in [-0.4, -0.2) is 32.0 Å². The van der Waals surface area contributed by atoms with Crippen molar-refractivity contribution in [3.8, 4) is 11.1 Å². The van der Waals surface area contributed by atoms with Gasteiger partial charge >= 0.3 is 12.1 Å². The number of aryl methyl sites for hydroxylation is 1. The van der Waals surface area contributed by atoms with E-state index in [2.05, 4.69) is 21.7 Å². The lowest BCUT2D eigenvalue weighted by atomic mass is 9.96.